The average Bonchev–Trinajstić information content (AvgIpc) is 3.00. The molecular formula is C15H19NO. The predicted octanol–water partition coefficient (Wildman–Crippen LogP) is 2.18. The highest BCUT2D eigenvalue weighted by atomic mass is 16.3. The van der Waals surface area contributed by atoms with E-state index in [9.17, 15) is 5.11 Å². The van der Waals surface area contributed by atoms with Gasteiger partial charge in [-0.05, 0) is 42.2 Å². The van der Waals surface area contributed by atoms with E-state index in [-0.39, 0.29) is 12.1 Å². The zero-order valence-corrected chi connectivity index (χ0v) is 10.0. The van der Waals surface area contributed by atoms with Gasteiger partial charge in [0.1, 0.15) is 0 Å². The second-order valence-corrected chi connectivity index (χ2v) is 6.22. The van der Waals surface area contributed by atoms with E-state index in [1.165, 1.54) is 36.8 Å². The van der Waals surface area contributed by atoms with Crippen LogP contribution in [0.5, 0.6) is 0 Å². The summed E-state index contributed by atoms with van der Waals surface area (Å²) in [6, 6.07) is 9.26. The Bertz CT molecular complexity index is 444. The second kappa shape index (κ2) is 3.33. The van der Waals surface area contributed by atoms with Gasteiger partial charge >= 0.3 is 0 Å². The summed E-state index contributed by atoms with van der Waals surface area (Å²) in [6.45, 7) is 0. The molecule has 2 atom stereocenters. The molecule has 2 fully saturated rings. The van der Waals surface area contributed by atoms with Gasteiger partial charge in [-0.1, -0.05) is 24.3 Å². The van der Waals surface area contributed by atoms with Crippen molar-refractivity contribution >= 4 is 0 Å². The molecule has 0 aromatic heterocycles. The normalized spacial score (nSPS) is 33.5. The third-order valence-electron chi connectivity index (χ3n) is 4.94. The summed E-state index contributed by atoms with van der Waals surface area (Å²) >= 11 is 0. The highest BCUT2D eigenvalue weighted by Gasteiger charge is 2.53. The van der Waals surface area contributed by atoms with Crippen molar-refractivity contribution in [1.82, 2.24) is 5.32 Å². The van der Waals surface area contributed by atoms with Crippen LogP contribution in [0.1, 0.15) is 42.9 Å². The monoisotopic (exact) mass is 229 g/mol. The first-order chi connectivity index (χ1) is 8.26. The molecule has 2 saturated carbocycles. The van der Waals surface area contributed by atoms with Crippen LogP contribution in [0.3, 0.4) is 0 Å². The van der Waals surface area contributed by atoms with Crippen LogP contribution in [0.25, 0.3) is 0 Å². The molecule has 3 aliphatic rings. The average molecular weight is 229 g/mol. The molecule has 0 amide bonds. The van der Waals surface area contributed by atoms with E-state index in [2.05, 4.69) is 29.6 Å². The highest BCUT2D eigenvalue weighted by molar-refractivity contribution is 5.36. The Morgan fingerprint density at radius 3 is 2.71 bits per heavy atom. The van der Waals surface area contributed by atoms with Gasteiger partial charge in [0.2, 0.25) is 0 Å². The van der Waals surface area contributed by atoms with Crippen LogP contribution in [-0.2, 0) is 6.42 Å². The van der Waals surface area contributed by atoms with Crippen LogP contribution in [0.4, 0.5) is 0 Å². The number of fused-ring (bicyclic) bond motifs is 1. The largest absolute Gasteiger partial charge is 0.391 e. The zero-order valence-electron chi connectivity index (χ0n) is 10.0. The second-order valence-electron chi connectivity index (χ2n) is 6.22. The van der Waals surface area contributed by atoms with Gasteiger partial charge in [-0.3, -0.25) is 0 Å². The van der Waals surface area contributed by atoms with Crippen LogP contribution < -0.4 is 5.32 Å². The van der Waals surface area contributed by atoms with Gasteiger partial charge in [0, 0.05) is 12.5 Å². The molecule has 1 aromatic carbocycles. The minimum Gasteiger partial charge on any atom is -0.391 e. The first-order valence-corrected chi connectivity index (χ1v) is 6.78. The van der Waals surface area contributed by atoms with Crippen LogP contribution in [-0.4, -0.2) is 17.3 Å². The van der Waals surface area contributed by atoms with E-state index in [4.69, 9.17) is 0 Å². The van der Waals surface area contributed by atoms with Crippen molar-refractivity contribution in [3.63, 3.8) is 0 Å². The molecule has 2 unspecified atom stereocenters. The zero-order chi connectivity index (χ0) is 11.5. The summed E-state index contributed by atoms with van der Waals surface area (Å²) in [5, 5.41) is 13.8. The van der Waals surface area contributed by atoms with Gasteiger partial charge in [0.05, 0.1) is 12.1 Å². The van der Waals surface area contributed by atoms with E-state index in [1.54, 1.807) is 0 Å². The highest BCUT2D eigenvalue weighted by Crippen LogP contribution is 2.61. The molecule has 3 aliphatic carbocycles. The lowest BCUT2D eigenvalue weighted by atomic mass is 9.76. The van der Waals surface area contributed by atoms with Crippen molar-refractivity contribution in [3.8, 4) is 0 Å². The lowest BCUT2D eigenvalue weighted by Crippen LogP contribution is -2.46. The Morgan fingerprint density at radius 1 is 1.18 bits per heavy atom. The Kier molecular flexibility index (Phi) is 1.98. The summed E-state index contributed by atoms with van der Waals surface area (Å²) in [6.07, 6.45) is 6.12. The molecule has 2 nitrogen and oxygen atoms in total. The maximum Gasteiger partial charge on any atom is 0.0775 e. The van der Waals surface area contributed by atoms with Gasteiger partial charge in [-0.15, -0.1) is 0 Å². The Hall–Kier alpha value is -0.860. The van der Waals surface area contributed by atoms with E-state index < -0.39 is 0 Å². The van der Waals surface area contributed by atoms with Crippen LogP contribution >= 0.6 is 0 Å². The third-order valence-corrected chi connectivity index (χ3v) is 4.94. The van der Waals surface area contributed by atoms with Crippen LogP contribution in [0.15, 0.2) is 24.3 Å². The number of rotatable bonds is 2. The summed E-state index contributed by atoms with van der Waals surface area (Å²) in [7, 11) is 0. The van der Waals surface area contributed by atoms with Crippen molar-refractivity contribution in [1.29, 1.82) is 0 Å². The molecular weight excluding hydrogens is 210 g/mol. The SMILES string of the molecule is OC1Cc2ccccc2C1NC1CC2(CC2)C1. The number of aliphatic hydroxyl groups is 1. The van der Waals surface area contributed by atoms with Gasteiger partial charge < -0.3 is 10.4 Å². The number of aliphatic hydroxyl groups excluding tert-OH is 1. The molecule has 0 aliphatic heterocycles. The number of nitrogens with one attached hydrogen (secondary N) is 1. The van der Waals surface area contributed by atoms with Gasteiger partial charge in [0.15, 0.2) is 0 Å². The topological polar surface area (TPSA) is 32.3 Å². The number of hydrogen-bond donors (Lipinski definition) is 2. The first-order valence-electron chi connectivity index (χ1n) is 6.78. The van der Waals surface area contributed by atoms with Crippen LogP contribution in [0.2, 0.25) is 0 Å². The Labute approximate surface area is 102 Å². The van der Waals surface area contributed by atoms with Gasteiger partial charge in [0.25, 0.3) is 0 Å². The summed E-state index contributed by atoms with van der Waals surface area (Å²) in [5.74, 6) is 0. The molecule has 2 heteroatoms. The van der Waals surface area contributed by atoms with E-state index in [0.717, 1.165) is 11.8 Å². The van der Waals surface area contributed by atoms with Crippen molar-refractivity contribution < 1.29 is 5.11 Å². The molecule has 4 rings (SSSR count). The first kappa shape index (κ1) is 10.1. The quantitative estimate of drug-likeness (QED) is 0.814. The summed E-state index contributed by atoms with van der Waals surface area (Å²) in [5.41, 5.74) is 3.37. The fourth-order valence-electron chi connectivity index (χ4n) is 3.72. The van der Waals surface area contributed by atoms with E-state index in [0.29, 0.717) is 6.04 Å². The number of benzene rings is 1. The van der Waals surface area contributed by atoms with Crippen LogP contribution in [0, 0.1) is 5.41 Å². The van der Waals surface area contributed by atoms with E-state index >= 15 is 0 Å². The standard InChI is InChI=1S/C15H19NO/c17-13-7-10-3-1-2-4-12(10)14(13)16-11-8-15(9-11)5-6-15/h1-4,11,13-14,16-17H,5-9H2. The molecule has 0 radical (unpaired) electrons. The lowest BCUT2D eigenvalue weighted by molar-refractivity contribution is 0.105. The molecule has 0 saturated heterocycles. The van der Waals surface area contributed by atoms with Gasteiger partial charge in [-0.25, -0.2) is 0 Å². The Morgan fingerprint density at radius 2 is 1.94 bits per heavy atom. The van der Waals surface area contributed by atoms with Gasteiger partial charge in [-0.2, -0.15) is 0 Å². The lowest BCUT2D eigenvalue weighted by Gasteiger charge is -2.39. The fraction of sp³-hybridized carbons (Fsp3) is 0.600. The molecule has 1 aromatic rings. The smallest absolute Gasteiger partial charge is 0.0775 e. The fourth-order valence-corrected chi connectivity index (χ4v) is 3.72. The molecule has 17 heavy (non-hydrogen) atoms. The van der Waals surface area contributed by atoms with Crippen molar-refractivity contribution in [3.05, 3.63) is 35.4 Å². The van der Waals surface area contributed by atoms with Crippen molar-refractivity contribution in [2.24, 2.45) is 5.41 Å². The van der Waals surface area contributed by atoms with E-state index in [1.807, 2.05) is 0 Å². The maximum atomic E-state index is 10.2. The third kappa shape index (κ3) is 1.54. The molecule has 0 bridgehead atoms. The van der Waals surface area contributed by atoms with Crippen molar-refractivity contribution in [2.45, 2.75) is 50.3 Å². The molecule has 2 N–H and O–H groups in total. The maximum absolute atomic E-state index is 10.2. The molecule has 0 heterocycles. The molecule has 90 valence electrons. The minimum atomic E-state index is -0.233. The van der Waals surface area contributed by atoms with Crippen molar-refractivity contribution in [2.75, 3.05) is 0 Å². The Balaban J connectivity index is 1.50. The minimum absolute atomic E-state index is 0.173. The molecule has 1 spiro atoms. The predicted molar refractivity (Wildman–Crippen MR) is 66.7 cm³/mol. The summed E-state index contributed by atoms with van der Waals surface area (Å²) in [4.78, 5) is 0. The summed E-state index contributed by atoms with van der Waals surface area (Å²) < 4.78 is 0. The number of hydrogen-bond acceptors (Lipinski definition) is 2.